The topological polar surface area (TPSA) is 80.5 Å². The number of nitrogens with zero attached hydrogens (tertiary/aromatic N) is 4. The third-order valence-electron chi connectivity index (χ3n) is 1.95. The molecule has 0 saturated carbocycles. The smallest absolute Gasteiger partial charge is 0.153 e. The lowest BCUT2D eigenvalue weighted by Crippen LogP contribution is -2.04. The van der Waals surface area contributed by atoms with E-state index in [4.69, 9.17) is 11.0 Å². The van der Waals surface area contributed by atoms with Crippen molar-refractivity contribution in [3.8, 4) is 11.9 Å². The first kappa shape index (κ1) is 9.37. The van der Waals surface area contributed by atoms with E-state index in [9.17, 15) is 0 Å². The molecule has 0 aliphatic heterocycles. The molecule has 0 aliphatic rings. The Balaban J connectivity index is 2.41. The van der Waals surface area contributed by atoms with E-state index in [0.29, 0.717) is 17.9 Å². The van der Waals surface area contributed by atoms with Crippen LogP contribution in [-0.4, -0.2) is 14.8 Å². The molecule has 15 heavy (non-hydrogen) atoms. The third kappa shape index (κ3) is 1.85. The Bertz CT molecular complexity index is 509. The van der Waals surface area contributed by atoms with Crippen molar-refractivity contribution in [2.24, 2.45) is 5.73 Å². The highest BCUT2D eigenvalue weighted by Crippen LogP contribution is 2.05. The van der Waals surface area contributed by atoms with E-state index in [1.54, 1.807) is 10.9 Å². The molecule has 0 radical (unpaired) electrons. The molecule has 74 valence electrons. The predicted molar refractivity (Wildman–Crippen MR) is 54.0 cm³/mol. The average Bonchev–Trinajstić information content (AvgIpc) is 2.78. The third-order valence-corrected chi connectivity index (χ3v) is 1.95. The van der Waals surface area contributed by atoms with E-state index in [1.165, 1.54) is 6.20 Å². The standard InChI is InChI=1S/C10H9N5/c11-4-8-6-13-15(7-8)10-3-1-2-9(5-12)14-10/h1-3,6-7H,5,12H2. The van der Waals surface area contributed by atoms with Gasteiger partial charge in [0.05, 0.1) is 23.7 Å². The molecule has 2 aromatic heterocycles. The molecule has 0 bridgehead atoms. The predicted octanol–water partition coefficient (Wildman–Crippen LogP) is 0.598. The quantitative estimate of drug-likeness (QED) is 0.767. The van der Waals surface area contributed by atoms with Crippen LogP contribution in [0.3, 0.4) is 0 Å². The summed E-state index contributed by atoms with van der Waals surface area (Å²) in [4.78, 5) is 4.28. The minimum Gasteiger partial charge on any atom is -0.325 e. The Morgan fingerprint density at radius 3 is 3.00 bits per heavy atom. The zero-order valence-corrected chi connectivity index (χ0v) is 7.96. The normalized spacial score (nSPS) is 9.87. The molecule has 2 rings (SSSR count). The summed E-state index contributed by atoms with van der Waals surface area (Å²) in [6.07, 6.45) is 3.12. The van der Waals surface area contributed by atoms with Crippen molar-refractivity contribution >= 4 is 0 Å². The summed E-state index contributed by atoms with van der Waals surface area (Å²) in [5.41, 5.74) is 6.79. The lowest BCUT2D eigenvalue weighted by atomic mass is 10.3. The second kappa shape index (κ2) is 3.90. The maximum absolute atomic E-state index is 8.65. The van der Waals surface area contributed by atoms with E-state index < -0.39 is 0 Å². The van der Waals surface area contributed by atoms with Gasteiger partial charge in [-0.15, -0.1) is 0 Å². The monoisotopic (exact) mass is 199 g/mol. The summed E-state index contributed by atoms with van der Waals surface area (Å²) in [7, 11) is 0. The van der Waals surface area contributed by atoms with Crippen LogP contribution in [0.25, 0.3) is 5.82 Å². The van der Waals surface area contributed by atoms with Gasteiger partial charge in [-0.3, -0.25) is 0 Å². The van der Waals surface area contributed by atoms with Gasteiger partial charge in [-0.25, -0.2) is 9.67 Å². The number of hydrogen-bond acceptors (Lipinski definition) is 4. The lowest BCUT2D eigenvalue weighted by molar-refractivity contribution is 0.829. The summed E-state index contributed by atoms with van der Waals surface area (Å²) < 4.78 is 1.55. The van der Waals surface area contributed by atoms with Gasteiger partial charge in [-0.1, -0.05) is 6.07 Å². The molecule has 0 amide bonds. The Morgan fingerprint density at radius 1 is 1.47 bits per heavy atom. The van der Waals surface area contributed by atoms with Crippen LogP contribution in [0.15, 0.2) is 30.6 Å². The van der Waals surface area contributed by atoms with Crippen LogP contribution >= 0.6 is 0 Å². The van der Waals surface area contributed by atoms with Crippen molar-refractivity contribution in [2.45, 2.75) is 6.54 Å². The van der Waals surface area contributed by atoms with E-state index in [-0.39, 0.29) is 0 Å². The highest BCUT2D eigenvalue weighted by molar-refractivity contribution is 5.29. The molecule has 0 aliphatic carbocycles. The summed E-state index contributed by atoms with van der Waals surface area (Å²) in [6.45, 7) is 0.389. The molecule has 5 heteroatoms. The molecular formula is C10H9N5. The molecule has 5 nitrogen and oxygen atoms in total. The van der Waals surface area contributed by atoms with Crippen LogP contribution in [-0.2, 0) is 6.54 Å². The number of pyridine rings is 1. The number of rotatable bonds is 2. The Kier molecular flexibility index (Phi) is 2.44. The first-order chi connectivity index (χ1) is 7.33. The number of aromatic nitrogens is 3. The zero-order chi connectivity index (χ0) is 10.7. The molecule has 0 fully saturated rings. The van der Waals surface area contributed by atoms with Gasteiger partial charge in [0, 0.05) is 6.54 Å². The van der Waals surface area contributed by atoms with Gasteiger partial charge in [0.15, 0.2) is 5.82 Å². The largest absolute Gasteiger partial charge is 0.325 e. The van der Waals surface area contributed by atoms with Crippen LogP contribution < -0.4 is 5.73 Å². The van der Waals surface area contributed by atoms with E-state index in [2.05, 4.69) is 10.1 Å². The van der Waals surface area contributed by atoms with Crippen LogP contribution in [0.2, 0.25) is 0 Å². The van der Waals surface area contributed by atoms with Crippen LogP contribution in [0.5, 0.6) is 0 Å². The number of nitriles is 1. The second-order valence-corrected chi connectivity index (χ2v) is 2.98. The fourth-order valence-corrected chi connectivity index (χ4v) is 1.21. The molecule has 2 heterocycles. The average molecular weight is 199 g/mol. The van der Waals surface area contributed by atoms with Crippen molar-refractivity contribution in [1.82, 2.24) is 14.8 Å². The van der Waals surface area contributed by atoms with E-state index >= 15 is 0 Å². The summed E-state index contributed by atoms with van der Waals surface area (Å²) in [5, 5.41) is 12.7. The van der Waals surface area contributed by atoms with Crippen molar-refractivity contribution in [2.75, 3.05) is 0 Å². The maximum Gasteiger partial charge on any atom is 0.153 e. The molecule has 2 aromatic rings. The minimum absolute atomic E-state index is 0.389. The highest BCUT2D eigenvalue weighted by Gasteiger charge is 2.01. The minimum atomic E-state index is 0.389. The zero-order valence-electron chi connectivity index (χ0n) is 7.96. The summed E-state index contributed by atoms with van der Waals surface area (Å²) >= 11 is 0. The van der Waals surface area contributed by atoms with Crippen LogP contribution in [0.4, 0.5) is 0 Å². The van der Waals surface area contributed by atoms with Gasteiger partial charge in [0.25, 0.3) is 0 Å². The summed E-state index contributed by atoms with van der Waals surface area (Å²) in [6, 6.07) is 7.53. The molecule has 2 N–H and O–H groups in total. The second-order valence-electron chi connectivity index (χ2n) is 2.98. The van der Waals surface area contributed by atoms with Crippen molar-refractivity contribution in [3.05, 3.63) is 41.9 Å². The fourth-order valence-electron chi connectivity index (χ4n) is 1.21. The molecule has 0 atom stereocenters. The SMILES string of the molecule is N#Cc1cnn(-c2cccc(CN)n2)c1. The first-order valence-electron chi connectivity index (χ1n) is 4.44. The number of nitrogens with two attached hydrogens (primary N) is 1. The molecule has 0 spiro atoms. The van der Waals surface area contributed by atoms with Crippen molar-refractivity contribution in [3.63, 3.8) is 0 Å². The summed E-state index contributed by atoms with van der Waals surface area (Å²) in [5.74, 6) is 0.666. The van der Waals surface area contributed by atoms with Gasteiger partial charge in [0.1, 0.15) is 6.07 Å². The Labute approximate surface area is 86.8 Å². The fraction of sp³-hybridized carbons (Fsp3) is 0.100. The van der Waals surface area contributed by atoms with Crippen LogP contribution in [0, 0.1) is 11.3 Å². The van der Waals surface area contributed by atoms with Gasteiger partial charge < -0.3 is 5.73 Å². The van der Waals surface area contributed by atoms with Crippen molar-refractivity contribution < 1.29 is 0 Å². The Morgan fingerprint density at radius 2 is 2.33 bits per heavy atom. The van der Waals surface area contributed by atoms with Gasteiger partial charge in [-0.05, 0) is 12.1 Å². The molecule has 0 saturated heterocycles. The molecule has 0 unspecified atom stereocenters. The van der Waals surface area contributed by atoms with Crippen molar-refractivity contribution in [1.29, 1.82) is 5.26 Å². The van der Waals surface area contributed by atoms with Gasteiger partial charge in [0.2, 0.25) is 0 Å². The maximum atomic E-state index is 8.65. The molecule has 0 aromatic carbocycles. The highest BCUT2D eigenvalue weighted by atomic mass is 15.3. The lowest BCUT2D eigenvalue weighted by Gasteiger charge is -2.01. The van der Waals surface area contributed by atoms with E-state index in [1.807, 2.05) is 24.3 Å². The first-order valence-corrected chi connectivity index (χ1v) is 4.44. The van der Waals surface area contributed by atoms with Crippen LogP contribution in [0.1, 0.15) is 11.3 Å². The Hall–Kier alpha value is -2.19. The van der Waals surface area contributed by atoms with Gasteiger partial charge >= 0.3 is 0 Å². The van der Waals surface area contributed by atoms with Gasteiger partial charge in [-0.2, -0.15) is 10.4 Å². The number of hydrogen-bond donors (Lipinski definition) is 1. The van der Waals surface area contributed by atoms with E-state index in [0.717, 1.165) is 5.69 Å². The molecular weight excluding hydrogens is 190 g/mol.